The molecule has 1 N–H and O–H groups in total. The number of nitrogens with zero attached hydrogens (tertiary/aromatic N) is 4. The second kappa shape index (κ2) is 9.72. The van der Waals surface area contributed by atoms with Crippen LogP contribution < -0.4 is 14.9 Å². The minimum absolute atomic E-state index is 0.00707. The quantitative estimate of drug-likeness (QED) is 0.227. The molecule has 1 unspecified atom stereocenters. The Hall–Kier alpha value is -2.88. The number of hydrogen-bond acceptors (Lipinski definition) is 9. The zero-order valence-electron chi connectivity index (χ0n) is 15.4. The van der Waals surface area contributed by atoms with Crippen LogP contribution in [0.25, 0.3) is 0 Å². The van der Waals surface area contributed by atoms with Crippen molar-refractivity contribution in [1.82, 2.24) is 9.97 Å². The van der Waals surface area contributed by atoms with Crippen LogP contribution in [0.1, 0.15) is 13.8 Å². The largest absolute Gasteiger partial charge is 0.481 e. The molecule has 2 aromatic rings. The van der Waals surface area contributed by atoms with Crippen molar-refractivity contribution in [3.63, 3.8) is 0 Å². The molecule has 144 valence electrons. The Morgan fingerprint density at radius 2 is 1.78 bits per heavy atom. The number of nitro benzene ring substituents is 1. The predicted molar refractivity (Wildman–Crippen MR) is 105 cm³/mol. The highest BCUT2D eigenvalue weighted by Crippen LogP contribution is 2.28. The highest BCUT2D eigenvalue weighted by molar-refractivity contribution is 8.00. The third-order valence-corrected chi connectivity index (χ3v) is 4.80. The van der Waals surface area contributed by atoms with Gasteiger partial charge >= 0.3 is 0 Å². The summed E-state index contributed by atoms with van der Waals surface area (Å²) in [6.07, 6.45) is 1.76. The maximum Gasteiger partial charge on any atom is 0.269 e. The van der Waals surface area contributed by atoms with Gasteiger partial charge in [-0.15, -0.1) is 0 Å². The third kappa shape index (κ3) is 6.10. The van der Waals surface area contributed by atoms with Gasteiger partial charge in [0, 0.05) is 18.3 Å². The van der Waals surface area contributed by atoms with E-state index < -0.39 is 4.92 Å². The van der Waals surface area contributed by atoms with Crippen molar-refractivity contribution < 1.29 is 14.4 Å². The molecule has 10 heteroatoms. The van der Waals surface area contributed by atoms with E-state index in [0.717, 1.165) is 0 Å². The van der Waals surface area contributed by atoms with E-state index in [1.165, 1.54) is 38.1 Å². The number of nitro groups is 1. The monoisotopic (exact) mass is 391 g/mol. The number of thioether (sulfide) groups is 1. The Morgan fingerprint density at radius 3 is 2.26 bits per heavy atom. The van der Waals surface area contributed by atoms with Gasteiger partial charge in [-0.05, 0) is 18.1 Å². The average molecular weight is 391 g/mol. The van der Waals surface area contributed by atoms with Crippen molar-refractivity contribution in [2.45, 2.75) is 24.3 Å². The summed E-state index contributed by atoms with van der Waals surface area (Å²) >= 11 is 1.44. The first-order chi connectivity index (χ1) is 12.9. The molecule has 0 bridgehead atoms. The van der Waals surface area contributed by atoms with Gasteiger partial charge in [-0.25, -0.2) is 0 Å². The second-order valence-electron chi connectivity index (χ2n) is 5.76. The number of hydrazone groups is 1. The molecule has 0 aliphatic heterocycles. The van der Waals surface area contributed by atoms with E-state index in [1.807, 2.05) is 0 Å². The molecule has 1 atom stereocenters. The zero-order valence-corrected chi connectivity index (χ0v) is 16.3. The van der Waals surface area contributed by atoms with Gasteiger partial charge in [0.25, 0.3) is 5.69 Å². The summed E-state index contributed by atoms with van der Waals surface area (Å²) in [7, 11) is 3.07. The molecular weight excluding hydrogens is 370 g/mol. The minimum Gasteiger partial charge on any atom is -0.481 e. The number of rotatable bonds is 9. The van der Waals surface area contributed by atoms with Gasteiger partial charge in [0.15, 0.2) is 5.16 Å². The van der Waals surface area contributed by atoms with E-state index in [-0.39, 0.29) is 16.9 Å². The van der Waals surface area contributed by atoms with Crippen LogP contribution in [0.15, 0.2) is 40.6 Å². The summed E-state index contributed by atoms with van der Waals surface area (Å²) in [6, 6.07) is 7.65. The maximum absolute atomic E-state index is 10.7. The molecule has 2 rings (SSSR count). The SMILES string of the molecule is COc1cc(OC)nc(SC(/C=N/Nc2ccc([N+](=O)[O-])cc2)C(C)C)n1. The first-order valence-electron chi connectivity index (χ1n) is 8.10. The number of aromatic nitrogens is 2. The topological polar surface area (TPSA) is 112 Å². The molecule has 1 aromatic carbocycles. The molecule has 0 saturated heterocycles. The van der Waals surface area contributed by atoms with E-state index in [2.05, 4.69) is 34.3 Å². The lowest BCUT2D eigenvalue weighted by Gasteiger charge is -2.15. The fraction of sp³-hybridized carbons (Fsp3) is 0.353. The van der Waals surface area contributed by atoms with Crippen molar-refractivity contribution >= 4 is 29.4 Å². The first-order valence-corrected chi connectivity index (χ1v) is 8.98. The normalized spacial score (nSPS) is 12.2. The molecular formula is C17H21N5O4S. The van der Waals surface area contributed by atoms with Crippen LogP contribution in [0.4, 0.5) is 11.4 Å². The van der Waals surface area contributed by atoms with Crippen molar-refractivity contribution in [1.29, 1.82) is 0 Å². The lowest BCUT2D eigenvalue weighted by Crippen LogP contribution is -2.14. The predicted octanol–water partition coefficient (Wildman–Crippen LogP) is 3.62. The lowest BCUT2D eigenvalue weighted by molar-refractivity contribution is -0.384. The number of hydrogen-bond donors (Lipinski definition) is 1. The molecule has 9 nitrogen and oxygen atoms in total. The highest BCUT2D eigenvalue weighted by Gasteiger charge is 2.16. The number of ether oxygens (including phenoxy) is 2. The molecule has 0 saturated carbocycles. The van der Waals surface area contributed by atoms with Crippen LogP contribution in [0.3, 0.4) is 0 Å². The van der Waals surface area contributed by atoms with Gasteiger partial charge in [0.2, 0.25) is 11.8 Å². The highest BCUT2D eigenvalue weighted by atomic mass is 32.2. The smallest absolute Gasteiger partial charge is 0.269 e. The van der Waals surface area contributed by atoms with Gasteiger partial charge in [-0.2, -0.15) is 15.1 Å². The van der Waals surface area contributed by atoms with Crippen molar-refractivity contribution in [2.75, 3.05) is 19.6 Å². The number of nitrogens with one attached hydrogen (secondary N) is 1. The van der Waals surface area contributed by atoms with Crippen molar-refractivity contribution in [3.8, 4) is 11.8 Å². The molecule has 0 radical (unpaired) electrons. The van der Waals surface area contributed by atoms with Crippen LogP contribution in [-0.2, 0) is 0 Å². The molecule has 0 fully saturated rings. The van der Waals surface area contributed by atoms with Crippen LogP contribution in [0.2, 0.25) is 0 Å². The molecule has 0 aliphatic rings. The van der Waals surface area contributed by atoms with E-state index >= 15 is 0 Å². The maximum atomic E-state index is 10.7. The number of non-ortho nitro benzene ring substituents is 1. The van der Waals surface area contributed by atoms with Gasteiger partial charge in [0.1, 0.15) is 0 Å². The summed E-state index contributed by atoms with van der Waals surface area (Å²) in [5, 5.41) is 15.4. The van der Waals surface area contributed by atoms with Gasteiger partial charge in [-0.3, -0.25) is 15.5 Å². The van der Waals surface area contributed by atoms with E-state index in [4.69, 9.17) is 9.47 Å². The fourth-order valence-corrected chi connectivity index (χ4v) is 2.87. The number of anilines is 1. The van der Waals surface area contributed by atoms with E-state index in [9.17, 15) is 10.1 Å². The standard InChI is InChI=1S/C17H21N5O4S/c1-11(2)14(27-17-19-15(25-3)9-16(20-17)26-4)10-18-21-12-5-7-13(8-6-12)22(23)24/h5-11,14,21H,1-4H3/b18-10+. The molecule has 0 spiro atoms. The molecule has 0 aliphatic carbocycles. The molecule has 0 amide bonds. The summed E-state index contributed by atoms with van der Waals surface area (Å²) in [4.78, 5) is 18.9. The number of methoxy groups -OCH3 is 2. The Balaban J connectivity index is 2.06. The second-order valence-corrected chi connectivity index (χ2v) is 6.90. The van der Waals surface area contributed by atoms with E-state index in [1.54, 1.807) is 24.4 Å². The van der Waals surface area contributed by atoms with Crippen LogP contribution >= 0.6 is 11.8 Å². The fourth-order valence-electron chi connectivity index (χ4n) is 1.95. The van der Waals surface area contributed by atoms with Crippen molar-refractivity contribution in [2.24, 2.45) is 11.0 Å². The van der Waals surface area contributed by atoms with Gasteiger partial charge < -0.3 is 9.47 Å². The van der Waals surface area contributed by atoms with Gasteiger partial charge in [0.05, 0.1) is 36.1 Å². The van der Waals surface area contributed by atoms with E-state index in [0.29, 0.717) is 22.6 Å². The van der Waals surface area contributed by atoms with Crippen LogP contribution in [-0.4, -0.2) is 40.6 Å². The van der Waals surface area contributed by atoms with Crippen LogP contribution in [0, 0.1) is 16.0 Å². The first kappa shape index (κ1) is 20.4. The Kier molecular flexibility index (Phi) is 7.35. The summed E-state index contributed by atoms with van der Waals surface area (Å²) < 4.78 is 10.3. The Bertz CT molecular complexity index is 776. The number of benzene rings is 1. The minimum atomic E-state index is -0.444. The van der Waals surface area contributed by atoms with Crippen molar-refractivity contribution in [3.05, 3.63) is 40.4 Å². The summed E-state index contributed by atoms with van der Waals surface area (Å²) in [5.41, 5.74) is 3.56. The molecule has 27 heavy (non-hydrogen) atoms. The zero-order chi connectivity index (χ0) is 19.8. The average Bonchev–Trinajstić information content (AvgIpc) is 2.67. The Labute approximate surface area is 161 Å². The lowest BCUT2D eigenvalue weighted by atomic mass is 10.1. The summed E-state index contributed by atoms with van der Waals surface area (Å²) in [5.74, 6) is 1.11. The third-order valence-electron chi connectivity index (χ3n) is 3.47. The van der Waals surface area contributed by atoms with Gasteiger partial charge in [-0.1, -0.05) is 25.6 Å². The molecule has 1 aromatic heterocycles. The molecule has 1 heterocycles. The Morgan fingerprint density at radius 1 is 1.19 bits per heavy atom. The summed E-state index contributed by atoms with van der Waals surface area (Å²) in [6.45, 7) is 4.12. The van der Waals surface area contributed by atoms with Crippen LogP contribution in [0.5, 0.6) is 11.8 Å².